The molecule has 2 rings (SSSR count). The molecule has 0 spiro atoms. The van der Waals surface area contributed by atoms with Gasteiger partial charge in [-0.15, -0.1) is 0 Å². The van der Waals surface area contributed by atoms with Gasteiger partial charge in [0.2, 0.25) is 0 Å². The van der Waals surface area contributed by atoms with Gasteiger partial charge >= 0.3 is 0 Å². The van der Waals surface area contributed by atoms with E-state index in [-0.39, 0.29) is 11.6 Å². The fourth-order valence-corrected chi connectivity index (χ4v) is 2.05. The van der Waals surface area contributed by atoms with Crippen LogP contribution in [0.3, 0.4) is 0 Å². The second-order valence-electron chi connectivity index (χ2n) is 4.57. The van der Waals surface area contributed by atoms with Gasteiger partial charge in [0.15, 0.2) is 11.6 Å². The zero-order valence-corrected chi connectivity index (χ0v) is 12.3. The van der Waals surface area contributed by atoms with Crippen LogP contribution in [0.1, 0.15) is 18.1 Å². The molecule has 4 heteroatoms. The minimum atomic E-state index is -0.386. The van der Waals surface area contributed by atoms with Crippen molar-refractivity contribution in [3.63, 3.8) is 0 Å². The molecule has 0 radical (unpaired) electrons. The van der Waals surface area contributed by atoms with E-state index in [0.717, 1.165) is 17.7 Å². The van der Waals surface area contributed by atoms with Crippen molar-refractivity contribution in [3.05, 3.63) is 58.4 Å². The van der Waals surface area contributed by atoms with Crippen LogP contribution in [-0.2, 0) is 6.54 Å². The molecule has 0 aromatic heterocycles. The van der Waals surface area contributed by atoms with E-state index in [9.17, 15) is 4.39 Å². The molecule has 0 heterocycles. The standard InChI is InChI=1S/C16H17ClFNO/c1-3-19-10-12-5-6-13(9-14(12)17)20-16-8-11(2)4-7-15(16)18/h4-9,19H,3,10H2,1-2H3. The molecule has 1 N–H and O–H groups in total. The maximum Gasteiger partial charge on any atom is 0.165 e. The Balaban J connectivity index is 2.17. The lowest BCUT2D eigenvalue weighted by molar-refractivity contribution is 0.441. The summed E-state index contributed by atoms with van der Waals surface area (Å²) in [6.07, 6.45) is 0. The van der Waals surface area contributed by atoms with Crippen LogP contribution in [0.4, 0.5) is 4.39 Å². The largest absolute Gasteiger partial charge is 0.454 e. The highest BCUT2D eigenvalue weighted by Crippen LogP contribution is 2.29. The Morgan fingerprint density at radius 2 is 2.00 bits per heavy atom. The van der Waals surface area contributed by atoms with Gasteiger partial charge in [-0.3, -0.25) is 0 Å². The topological polar surface area (TPSA) is 21.3 Å². The summed E-state index contributed by atoms with van der Waals surface area (Å²) in [5.41, 5.74) is 1.93. The van der Waals surface area contributed by atoms with Crippen LogP contribution >= 0.6 is 11.6 Å². The number of hydrogen-bond donors (Lipinski definition) is 1. The highest BCUT2D eigenvalue weighted by Gasteiger charge is 2.07. The van der Waals surface area contributed by atoms with Gasteiger partial charge in [-0.25, -0.2) is 4.39 Å². The van der Waals surface area contributed by atoms with Crippen molar-refractivity contribution < 1.29 is 9.13 Å². The summed E-state index contributed by atoms with van der Waals surface area (Å²) in [4.78, 5) is 0. The molecule has 0 fully saturated rings. The lowest BCUT2D eigenvalue weighted by atomic mass is 10.2. The van der Waals surface area contributed by atoms with Crippen molar-refractivity contribution in [1.29, 1.82) is 0 Å². The maximum absolute atomic E-state index is 13.6. The van der Waals surface area contributed by atoms with Crippen LogP contribution in [-0.4, -0.2) is 6.54 Å². The monoisotopic (exact) mass is 293 g/mol. The molecule has 0 amide bonds. The van der Waals surface area contributed by atoms with Crippen molar-refractivity contribution in [3.8, 4) is 11.5 Å². The zero-order chi connectivity index (χ0) is 14.5. The molecule has 0 aliphatic rings. The number of hydrogen-bond acceptors (Lipinski definition) is 2. The Morgan fingerprint density at radius 3 is 2.70 bits per heavy atom. The molecule has 0 saturated carbocycles. The Kier molecular flexibility index (Phi) is 4.99. The predicted octanol–water partition coefficient (Wildman–Crippen LogP) is 4.69. The second kappa shape index (κ2) is 6.73. The summed E-state index contributed by atoms with van der Waals surface area (Å²) in [6.45, 7) is 5.50. The molecule has 0 aliphatic carbocycles. The third-order valence-corrected chi connectivity index (χ3v) is 3.26. The summed E-state index contributed by atoms with van der Waals surface area (Å²) in [7, 11) is 0. The van der Waals surface area contributed by atoms with Gasteiger partial charge in [0.1, 0.15) is 5.75 Å². The summed E-state index contributed by atoms with van der Waals surface area (Å²) in [5, 5.41) is 3.81. The van der Waals surface area contributed by atoms with Crippen LogP contribution in [0.5, 0.6) is 11.5 Å². The van der Waals surface area contributed by atoms with Crippen LogP contribution in [0.25, 0.3) is 0 Å². The average Bonchev–Trinajstić information content (AvgIpc) is 2.42. The Labute approximate surface area is 123 Å². The van der Waals surface area contributed by atoms with Gasteiger partial charge in [0.25, 0.3) is 0 Å². The Morgan fingerprint density at radius 1 is 1.20 bits per heavy atom. The van der Waals surface area contributed by atoms with Gasteiger partial charge in [-0.1, -0.05) is 30.7 Å². The van der Waals surface area contributed by atoms with Crippen molar-refractivity contribution in [2.24, 2.45) is 0 Å². The van der Waals surface area contributed by atoms with E-state index in [4.69, 9.17) is 16.3 Å². The van der Waals surface area contributed by atoms with E-state index in [0.29, 0.717) is 17.3 Å². The van der Waals surface area contributed by atoms with Gasteiger partial charge in [0.05, 0.1) is 0 Å². The highest BCUT2D eigenvalue weighted by atomic mass is 35.5. The smallest absolute Gasteiger partial charge is 0.165 e. The number of ether oxygens (including phenoxy) is 1. The molecule has 2 aromatic rings. The van der Waals surface area contributed by atoms with Crippen LogP contribution < -0.4 is 10.1 Å². The van der Waals surface area contributed by atoms with Crippen LogP contribution in [0, 0.1) is 12.7 Å². The quantitative estimate of drug-likeness (QED) is 0.863. The first kappa shape index (κ1) is 14.8. The van der Waals surface area contributed by atoms with E-state index in [1.54, 1.807) is 24.3 Å². The van der Waals surface area contributed by atoms with E-state index in [1.165, 1.54) is 6.07 Å². The summed E-state index contributed by atoms with van der Waals surface area (Å²) < 4.78 is 19.2. The molecule has 2 nitrogen and oxygen atoms in total. The number of aryl methyl sites for hydroxylation is 1. The number of rotatable bonds is 5. The third kappa shape index (κ3) is 3.71. The van der Waals surface area contributed by atoms with Gasteiger partial charge in [0, 0.05) is 11.6 Å². The molecule has 0 bridgehead atoms. The van der Waals surface area contributed by atoms with Gasteiger partial charge in [-0.05, 0) is 48.9 Å². The molecular formula is C16H17ClFNO. The second-order valence-corrected chi connectivity index (χ2v) is 4.98. The maximum atomic E-state index is 13.6. The molecular weight excluding hydrogens is 277 g/mol. The lowest BCUT2D eigenvalue weighted by Crippen LogP contribution is -2.11. The minimum absolute atomic E-state index is 0.209. The van der Waals surface area contributed by atoms with E-state index in [1.807, 2.05) is 19.9 Å². The van der Waals surface area contributed by atoms with E-state index >= 15 is 0 Å². The van der Waals surface area contributed by atoms with Gasteiger partial charge < -0.3 is 10.1 Å². The SMILES string of the molecule is CCNCc1ccc(Oc2cc(C)ccc2F)cc1Cl. The van der Waals surface area contributed by atoms with Crippen LogP contribution in [0.15, 0.2) is 36.4 Å². The highest BCUT2D eigenvalue weighted by molar-refractivity contribution is 6.31. The first-order valence-corrected chi connectivity index (χ1v) is 6.91. The van der Waals surface area contributed by atoms with Crippen molar-refractivity contribution >= 4 is 11.6 Å². The molecule has 0 unspecified atom stereocenters. The molecule has 2 aromatic carbocycles. The first-order valence-electron chi connectivity index (χ1n) is 6.53. The number of halogens is 2. The summed E-state index contributed by atoms with van der Waals surface area (Å²) in [5.74, 6) is 0.351. The minimum Gasteiger partial charge on any atom is -0.454 e. The zero-order valence-electron chi connectivity index (χ0n) is 11.5. The fraction of sp³-hybridized carbons (Fsp3) is 0.250. The van der Waals surface area contributed by atoms with E-state index < -0.39 is 0 Å². The van der Waals surface area contributed by atoms with Crippen molar-refractivity contribution in [2.45, 2.75) is 20.4 Å². The van der Waals surface area contributed by atoms with Crippen LogP contribution in [0.2, 0.25) is 5.02 Å². The van der Waals surface area contributed by atoms with Crippen molar-refractivity contribution in [2.75, 3.05) is 6.54 Å². The van der Waals surface area contributed by atoms with Crippen molar-refractivity contribution in [1.82, 2.24) is 5.32 Å². The molecule has 0 saturated heterocycles. The Hall–Kier alpha value is -1.58. The average molecular weight is 294 g/mol. The van der Waals surface area contributed by atoms with Gasteiger partial charge in [-0.2, -0.15) is 0 Å². The lowest BCUT2D eigenvalue weighted by Gasteiger charge is -2.10. The number of nitrogens with one attached hydrogen (secondary N) is 1. The summed E-state index contributed by atoms with van der Waals surface area (Å²) >= 11 is 6.19. The molecule has 106 valence electrons. The molecule has 20 heavy (non-hydrogen) atoms. The predicted molar refractivity (Wildman–Crippen MR) is 80.0 cm³/mol. The third-order valence-electron chi connectivity index (χ3n) is 2.90. The molecule has 0 atom stereocenters. The molecule has 0 aliphatic heterocycles. The summed E-state index contributed by atoms with van der Waals surface area (Å²) in [6, 6.07) is 10.1. The first-order chi connectivity index (χ1) is 9.60. The normalized spacial score (nSPS) is 10.6. The van der Waals surface area contributed by atoms with E-state index in [2.05, 4.69) is 5.32 Å². The Bertz CT molecular complexity index is 601. The fourth-order valence-electron chi connectivity index (χ4n) is 1.81. The number of benzene rings is 2.